The van der Waals surface area contributed by atoms with Crippen molar-refractivity contribution >= 4 is 11.7 Å². The number of rotatable bonds is 8. The number of aromatic nitrogens is 3. The lowest BCUT2D eigenvalue weighted by molar-refractivity contribution is 0.239. The Morgan fingerprint density at radius 1 is 1.26 bits per heavy atom. The van der Waals surface area contributed by atoms with Crippen molar-refractivity contribution in [2.45, 2.75) is 45.2 Å². The molecule has 0 spiro atoms. The first-order valence-corrected chi connectivity index (χ1v) is 11.2. The Bertz CT molecular complexity index is 953. The summed E-state index contributed by atoms with van der Waals surface area (Å²) in [4.78, 5) is 26.8. The van der Waals surface area contributed by atoms with Crippen molar-refractivity contribution in [3.63, 3.8) is 0 Å². The molecule has 1 aromatic heterocycles. The van der Waals surface area contributed by atoms with E-state index in [2.05, 4.69) is 26.7 Å². The fourth-order valence-corrected chi connectivity index (χ4v) is 4.37. The van der Waals surface area contributed by atoms with Crippen molar-refractivity contribution in [3.05, 3.63) is 40.6 Å². The number of urea groups is 1. The third kappa shape index (κ3) is 5.21. The first-order chi connectivity index (χ1) is 15.1. The van der Waals surface area contributed by atoms with Gasteiger partial charge in [0.25, 0.3) is 0 Å². The van der Waals surface area contributed by atoms with Gasteiger partial charge in [-0.2, -0.15) is 5.10 Å². The minimum Gasteiger partial charge on any atom is -0.497 e. The molecule has 1 fully saturated rings. The maximum Gasteiger partial charge on any atom is 0.345 e. The predicted molar refractivity (Wildman–Crippen MR) is 119 cm³/mol. The fourth-order valence-electron chi connectivity index (χ4n) is 4.37. The van der Waals surface area contributed by atoms with Crippen LogP contribution in [-0.2, 0) is 19.5 Å². The Morgan fingerprint density at radius 3 is 3.00 bits per heavy atom. The molecule has 1 unspecified atom stereocenters. The third-order valence-electron chi connectivity index (χ3n) is 6.12. The number of aryl methyl sites for hydroxylation is 2. The molecule has 2 aromatic rings. The highest BCUT2D eigenvalue weighted by atomic mass is 16.5. The third-order valence-corrected chi connectivity index (χ3v) is 6.12. The van der Waals surface area contributed by atoms with E-state index in [9.17, 15) is 9.59 Å². The van der Waals surface area contributed by atoms with Gasteiger partial charge in [-0.3, -0.25) is 4.57 Å². The summed E-state index contributed by atoms with van der Waals surface area (Å²) in [5, 5.41) is 10.3. The lowest BCUT2D eigenvalue weighted by Gasteiger charge is -2.19. The van der Waals surface area contributed by atoms with Gasteiger partial charge in [-0.25, -0.2) is 14.3 Å². The normalized spacial score (nSPS) is 18.0. The van der Waals surface area contributed by atoms with Gasteiger partial charge in [0.15, 0.2) is 0 Å². The van der Waals surface area contributed by atoms with E-state index in [4.69, 9.17) is 4.74 Å². The Labute approximate surface area is 182 Å². The molecule has 9 heteroatoms. The van der Waals surface area contributed by atoms with E-state index < -0.39 is 0 Å². The summed E-state index contributed by atoms with van der Waals surface area (Å²) >= 11 is 0. The fraction of sp³-hybridized carbons (Fsp3) is 0.591. The van der Waals surface area contributed by atoms with Crippen LogP contribution in [0.5, 0.6) is 5.75 Å². The first kappa shape index (κ1) is 21.3. The zero-order valence-corrected chi connectivity index (χ0v) is 18.2. The number of hydrogen-bond acceptors (Lipinski definition) is 5. The highest BCUT2D eigenvalue weighted by Crippen LogP contribution is 2.26. The van der Waals surface area contributed by atoms with Gasteiger partial charge in [0.2, 0.25) is 0 Å². The van der Waals surface area contributed by atoms with E-state index in [-0.39, 0.29) is 11.7 Å². The van der Waals surface area contributed by atoms with Gasteiger partial charge in [-0.05, 0) is 43.7 Å². The molecule has 31 heavy (non-hydrogen) atoms. The Morgan fingerprint density at radius 2 is 2.16 bits per heavy atom. The molecule has 1 aromatic carbocycles. The molecular weight excluding hydrogens is 396 g/mol. The molecule has 9 nitrogen and oxygen atoms in total. The second-order valence-corrected chi connectivity index (χ2v) is 8.32. The molecule has 0 saturated carbocycles. The van der Waals surface area contributed by atoms with Gasteiger partial charge in [0.1, 0.15) is 11.6 Å². The summed E-state index contributed by atoms with van der Waals surface area (Å²) in [7, 11) is 1.68. The SMILES string of the molecule is COc1cccc(N2CCC(CNC(=O)NCCCn3nc4n(c3=O)CCCC4)C2)c1. The topological polar surface area (TPSA) is 93.4 Å². The smallest absolute Gasteiger partial charge is 0.345 e. The van der Waals surface area contributed by atoms with Gasteiger partial charge in [0.05, 0.1) is 7.11 Å². The van der Waals surface area contributed by atoms with E-state index in [1.807, 2.05) is 18.2 Å². The van der Waals surface area contributed by atoms with Gasteiger partial charge < -0.3 is 20.3 Å². The number of nitrogens with one attached hydrogen (secondary N) is 2. The second kappa shape index (κ2) is 9.89. The van der Waals surface area contributed by atoms with E-state index >= 15 is 0 Å². The number of methoxy groups -OCH3 is 1. The Balaban J connectivity index is 1.14. The maximum absolute atomic E-state index is 12.3. The highest BCUT2D eigenvalue weighted by Gasteiger charge is 2.23. The minimum atomic E-state index is -0.156. The summed E-state index contributed by atoms with van der Waals surface area (Å²) in [5.74, 6) is 2.17. The van der Waals surface area contributed by atoms with Crippen molar-refractivity contribution in [1.82, 2.24) is 25.0 Å². The van der Waals surface area contributed by atoms with Crippen molar-refractivity contribution in [3.8, 4) is 5.75 Å². The van der Waals surface area contributed by atoms with E-state index in [1.54, 1.807) is 11.7 Å². The van der Waals surface area contributed by atoms with Crippen LogP contribution < -0.4 is 26.0 Å². The lowest BCUT2D eigenvalue weighted by atomic mass is 10.1. The number of amides is 2. The van der Waals surface area contributed by atoms with Crippen molar-refractivity contribution in [2.24, 2.45) is 5.92 Å². The monoisotopic (exact) mass is 428 g/mol. The van der Waals surface area contributed by atoms with Crippen LogP contribution in [0.15, 0.2) is 29.1 Å². The molecule has 0 radical (unpaired) electrons. The van der Waals surface area contributed by atoms with Crippen LogP contribution >= 0.6 is 0 Å². The minimum absolute atomic E-state index is 0.0269. The summed E-state index contributed by atoms with van der Waals surface area (Å²) in [6.45, 7) is 4.36. The molecule has 0 aliphatic carbocycles. The van der Waals surface area contributed by atoms with Crippen LogP contribution in [-0.4, -0.2) is 53.7 Å². The molecule has 2 aliphatic heterocycles. The second-order valence-electron chi connectivity index (χ2n) is 8.32. The highest BCUT2D eigenvalue weighted by molar-refractivity contribution is 5.73. The molecule has 168 valence electrons. The van der Waals surface area contributed by atoms with Crippen LogP contribution in [0.3, 0.4) is 0 Å². The molecule has 2 N–H and O–H groups in total. The van der Waals surface area contributed by atoms with Crippen LogP contribution in [0.25, 0.3) is 0 Å². The largest absolute Gasteiger partial charge is 0.497 e. The molecule has 1 saturated heterocycles. The summed E-state index contributed by atoms with van der Waals surface area (Å²) in [6, 6.07) is 7.92. The van der Waals surface area contributed by atoms with Gasteiger partial charge >= 0.3 is 11.7 Å². The summed E-state index contributed by atoms with van der Waals surface area (Å²) < 4.78 is 8.62. The van der Waals surface area contributed by atoms with Gasteiger partial charge in [-0.1, -0.05) is 6.07 Å². The molecule has 2 amide bonds. The number of carbonyl (C=O) groups excluding carboxylic acids is 1. The number of anilines is 1. The van der Waals surface area contributed by atoms with Crippen LogP contribution in [0.1, 0.15) is 31.5 Å². The van der Waals surface area contributed by atoms with Crippen molar-refractivity contribution < 1.29 is 9.53 Å². The molecular formula is C22H32N6O3. The maximum atomic E-state index is 12.3. The van der Waals surface area contributed by atoms with Gasteiger partial charge in [-0.15, -0.1) is 0 Å². The van der Waals surface area contributed by atoms with E-state index in [0.717, 1.165) is 62.6 Å². The van der Waals surface area contributed by atoms with Crippen LogP contribution in [0, 0.1) is 5.92 Å². The van der Waals surface area contributed by atoms with Crippen LogP contribution in [0.2, 0.25) is 0 Å². The average molecular weight is 429 g/mol. The summed E-state index contributed by atoms with van der Waals surface area (Å²) in [6.07, 6.45) is 4.73. The molecule has 0 bridgehead atoms. The number of carbonyl (C=O) groups is 1. The average Bonchev–Trinajstić information content (AvgIpc) is 3.40. The molecule has 1 atom stereocenters. The Hall–Kier alpha value is -2.97. The van der Waals surface area contributed by atoms with Gasteiger partial charge in [0, 0.05) is 57.4 Å². The molecule has 3 heterocycles. The lowest BCUT2D eigenvalue weighted by Crippen LogP contribution is -2.39. The van der Waals surface area contributed by atoms with Crippen molar-refractivity contribution in [1.29, 1.82) is 0 Å². The number of hydrogen-bond donors (Lipinski definition) is 2. The Kier molecular flexibility index (Phi) is 6.79. The van der Waals surface area contributed by atoms with Crippen molar-refractivity contribution in [2.75, 3.05) is 38.2 Å². The number of fused-ring (bicyclic) bond motifs is 1. The molecule has 4 rings (SSSR count). The predicted octanol–water partition coefficient (Wildman–Crippen LogP) is 1.61. The number of ether oxygens (including phenoxy) is 1. The summed E-state index contributed by atoms with van der Waals surface area (Å²) in [5.41, 5.74) is 1.13. The van der Waals surface area contributed by atoms with E-state index in [1.165, 1.54) is 4.68 Å². The number of nitrogens with zero attached hydrogens (tertiary/aromatic N) is 4. The first-order valence-electron chi connectivity index (χ1n) is 11.2. The standard InChI is InChI=1S/C22H32N6O3/c1-31-19-7-4-6-18(14-19)26-13-9-17(16-26)15-24-21(29)23-10-5-12-28-22(30)27-11-3-2-8-20(27)25-28/h4,6-7,14,17H,2-3,5,8-13,15-16H2,1H3,(H2,23,24,29). The zero-order valence-electron chi connectivity index (χ0n) is 18.2. The van der Waals surface area contributed by atoms with E-state index in [0.29, 0.717) is 32.0 Å². The quantitative estimate of drug-likeness (QED) is 0.623. The number of benzene rings is 1. The van der Waals surface area contributed by atoms with Crippen LogP contribution in [0.4, 0.5) is 10.5 Å². The zero-order chi connectivity index (χ0) is 21.6. The molecule has 2 aliphatic rings.